The number of sulfone groups is 1. The van der Waals surface area contributed by atoms with Gasteiger partial charge >= 0.3 is 0 Å². The third-order valence-corrected chi connectivity index (χ3v) is 5.44. The summed E-state index contributed by atoms with van der Waals surface area (Å²) in [5.41, 5.74) is 1.30. The first kappa shape index (κ1) is 14.1. The third-order valence-electron chi connectivity index (χ3n) is 3.69. The molecule has 0 saturated carbocycles. The third kappa shape index (κ3) is 2.65. The van der Waals surface area contributed by atoms with Gasteiger partial charge < -0.3 is 15.2 Å². The predicted molar refractivity (Wildman–Crippen MR) is 81.3 cm³/mol. The summed E-state index contributed by atoms with van der Waals surface area (Å²) in [6, 6.07) is -0.0640. The first-order valence-electron chi connectivity index (χ1n) is 6.88. The van der Waals surface area contributed by atoms with Gasteiger partial charge in [-0.15, -0.1) is 0 Å². The maximum atomic E-state index is 11.7. The number of hydrogen-bond acceptors (Lipinski definition) is 7. The summed E-state index contributed by atoms with van der Waals surface area (Å²) in [6.45, 7) is 2.67. The summed E-state index contributed by atoms with van der Waals surface area (Å²) in [5.74, 6) is 1.58. The molecule has 2 N–H and O–H groups in total. The second-order valence-corrected chi connectivity index (χ2v) is 7.40. The molecular weight excluding hydrogens is 292 g/mol. The van der Waals surface area contributed by atoms with Crippen molar-refractivity contribution in [3.05, 3.63) is 6.33 Å². The minimum Gasteiger partial charge on any atom is -0.354 e. The van der Waals surface area contributed by atoms with Crippen molar-refractivity contribution >= 4 is 32.8 Å². The van der Waals surface area contributed by atoms with Gasteiger partial charge in [-0.3, -0.25) is 0 Å². The van der Waals surface area contributed by atoms with E-state index in [1.165, 1.54) is 0 Å². The van der Waals surface area contributed by atoms with Crippen LogP contribution in [-0.2, 0) is 9.84 Å². The summed E-state index contributed by atoms with van der Waals surface area (Å²) in [5, 5.41) is 3.07. The molecule has 0 bridgehead atoms. The number of nitrogens with zero attached hydrogens (tertiary/aromatic N) is 4. The summed E-state index contributed by atoms with van der Waals surface area (Å²) in [4.78, 5) is 17.9. The average molecular weight is 310 g/mol. The van der Waals surface area contributed by atoms with Gasteiger partial charge in [0.25, 0.3) is 0 Å². The Hall–Kier alpha value is -1.90. The Morgan fingerprint density at radius 2 is 2.29 bits per heavy atom. The highest BCUT2D eigenvalue weighted by molar-refractivity contribution is 7.91. The van der Waals surface area contributed by atoms with Gasteiger partial charge in [-0.1, -0.05) is 0 Å². The Labute approximate surface area is 122 Å². The van der Waals surface area contributed by atoms with Gasteiger partial charge in [-0.05, 0) is 13.3 Å². The smallest absolute Gasteiger partial charge is 0.226 e. The minimum atomic E-state index is -2.94. The highest BCUT2D eigenvalue weighted by Gasteiger charge is 2.32. The summed E-state index contributed by atoms with van der Waals surface area (Å²) in [6.07, 6.45) is 2.19. The second-order valence-electron chi connectivity index (χ2n) is 5.17. The molecule has 1 atom stereocenters. The molecule has 1 unspecified atom stereocenters. The molecule has 0 aliphatic carbocycles. The Morgan fingerprint density at radius 1 is 1.48 bits per heavy atom. The molecule has 0 amide bonds. The molecule has 2 aromatic rings. The first-order valence-corrected chi connectivity index (χ1v) is 8.70. The van der Waals surface area contributed by atoms with Crippen LogP contribution in [0.4, 0.5) is 11.8 Å². The molecule has 0 radical (unpaired) electrons. The van der Waals surface area contributed by atoms with E-state index in [4.69, 9.17) is 0 Å². The van der Waals surface area contributed by atoms with Crippen LogP contribution in [0.5, 0.6) is 0 Å². The molecule has 0 aromatic carbocycles. The van der Waals surface area contributed by atoms with Crippen molar-refractivity contribution in [3.8, 4) is 0 Å². The van der Waals surface area contributed by atoms with E-state index in [-0.39, 0.29) is 17.5 Å². The van der Waals surface area contributed by atoms with Crippen LogP contribution in [0.1, 0.15) is 13.3 Å². The molecule has 1 saturated heterocycles. The maximum Gasteiger partial charge on any atom is 0.226 e. The van der Waals surface area contributed by atoms with E-state index in [0.29, 0.717) is 30.4 Å². The lowest BCUT2D eigenvalue weighted by molar-refractivity contribution is 0.600. The van der Waals surface area contributed by atoms with E-state index in [2.05, 4.69) is 25.3 Å². The van der Waals surface area contributed by atoms with Crippen molar-refractivity contribution in [1.29, 1.82) is 0 Å². The van der Waals surface area contributed by atoms with Gasteiger partial charge in [0.05, 0.1) is 17.8 Å². The van der Waals surface area contributed by atoms with E-state index >= 15 is 0 Å². The molecule has 9 heteroatoms. The zero-order chi connectivity index (χ0) is 15.0. The van der Waals surface area contributed by atoms with Crippen molar-refractivity contribution in [2.24, 2.45) is 0 Å². The Balaban J connectivity index is 2.00. The van der Waals surface area contributed by atoms with Gasteiger partial charge in [-0.2, -0.15) is 9.97 Å². The molecular formula is C12H18N6O2S. The number of nitrogens with one attached hydrogen (secondary N) is 2. The van der Waals surface area contributed by atoms with E-state index < -0.39 is 9.84 Å². The fourth-order valence-electron chi connectivity index (χ4n) is 2.56. The molecule has 3 rings (SSSR count). The van der Waals surface area contributed by atoms with E-state index in [9.17, 15) is 8.42 Å². The van der Waals surface area contributed by atoms with Crippen LogP contribution in [-0.4, -0.2) is 59.5 Å². The van der Waals surface area contributed by atoms with Gasteiger partial charge in [0.1, 0.15) is 5.52 Å². The van der Waals surface area contributed by atoms with Crippen molar-refractivity contribution in [2.75, 3.05) is 35.3 Å². The molecule has 0 spiro atoms. The first-order chi connectivity index (χ1) is 10.00. The minimum absolute atomic E-state index is 0.0640. The van der Waals surface area contributed by atoms with Gasteiger partial charge in [-0.25, -0.2) is 13.4 Å². The number of aromatic nitrogens is 4. The van der Waals surface area contributed by atoms with E-state index in [1.54, 1.807) is 6.33 Å². The maximum absolute atomic E-state index is 11.7. The van der Waals surface area contributed by atoms with Crippen LogP contribution >= 0.6 is 0 Å². The lowest BCUT2D eigenvalue weighted by Gasteiger charge is -2.25. The lowest BCUT2D eigenvalue weighted by atomic mass is 10.2. The summed E-state index contributed by atoms with van der Waals surface area (Å²) >= 11 is 0. The Morgan fingerprint density at radius 3 is 2.95 bits per heavy atom. The number of anilines is 2. The fourth-order valence-corrected chi connectivity index (χ4v) is 4.34. The highest BCUT2D eigenvalue weighted by Crippen LogP contribution is 2.27. The molecule has 8 nitrogen and oxygen atoms in total. The summed E-state index contributed by atoms with van der Waals surface area (Å²) < 4.78 is 23.3. The van der Waals surface area contributed by atoms with Crippen molar-refractivity contribution in [2.45, 2.75) is 19.4 Å². The standard InChI is InChI=1S/C12H18N6O2S/c1-3-13-12-16-10-9(14-7-15-10)11(17-12)18(2)8-4-5-21(19,20)6-8/h7-8H,3-6H2,1-2H3,(H2,13,14,15,16,17). The van der Waals surface area contributed by atoms with E-state index in [0.717, 1.165) is 5.52 Å². The van der Waals surface area contributed by atoms with Crippen LogP contribution in [0.15, 0.2) is 6.33 Å². The topological polar surface area (TPSA) is 104 Å². The summed E-state index contributed by atoms with van der Waals surface area (Å²) in [7, 11) is -1.07. The van der Waals surface area contributed by atoms with Gasteiger partial charge in [0, 0.05) is 19.6 Å². The lowest BCUT2D eigenvalue weighted by Crippen LogP contribution is -2.33. The zero-order valence-corrected chi connectivity index (χ0v) is 12.8. The number of fused-ring (bicyclic) bond motifs is 1. The number of imidazole rings is 1. The van der Waals surface area contributed by atoms with Crippen LogP contribution in [0.2, 0.25) is 0 Å². The van der Waals surface area contributed by atoms with Crippen LogP contribution in [0, 0.1) is 0 Å². The van der Waals surface area contributed by atoms with Crippen molar-refractivity contribution in [3.63, 3.8) is 0 Å². The monoisotopic (exact) mass is 310 g/mol. The van der Waals surface area contributed by atoms with Crippen molar-refractivity contribution < 1.29 is 8.42 Å². The highest BCUT2D eigenvalue weighted by atomic mass is 32.2. The normalized spacial score (nSPS) is 20.8. The van der Waals surface area contributed by atoms with Gasteiger partial charge in [0.2, 0.25) is 5.95 Å². The van der Waals surface area contributed by atoms with Crippen LogP contribution < -0.4 is 10.2 Å². The SMILES string of the molecule is CCNc1nc(N(C)C2CCS(=O)(=O)C2)c2[nH]cnc2n1. The fraction of sp³-hybridized carbons (Fsp3) is 0.583. The predicted octanol–water partition coefficient (Wildman–Crippen LogP) is 0.408. The number of hydrogen-bond donors (Lipinski definition) is 2. The largest absolute Gasteiger partial charge is 0.354 e. The Kier molecular flexibility index (Phi) is 3.44. The number of H-pyrrole nitrogens is 1. The molecule has 21 heavy (non-hydrogen) atoms. The van der Waals surface area contributed by atoms with Crippen molar-refractivity contribution in [1.82, 2.24) is 19.9 Å². The number of rotatable bonds is 4. The number of aromatic amines is 1. The van der Waals surface area contributed by atoms with Crippen LogP contribution in [0.3, 0.4) is 0 Å². The van der Waals surface area contributed by atoms with Gasteiger partial charge in [0.15, 0.2) is 21.3 Å². The Bertz CT molecular complexity index is 756. The molecule has 1 aliphatic rings. The molecule has 3 heterocycles. The molecule has 1 fully saturated rings. The van der Waals surface area contributed by atoms with E-state index in [1.807, 2.05) is 18.9 Å². The van der Waals surface area contributed by atoms with Crippen LogP contribution in [0.25, 0.3) is 11.2 Å². The molecule has 1 aliphatic heterocycles. The zero-order valence-electron chi connectivity index (χ0n) is 12.0. The average Bonchev–Trinajstić information content (AvgIpc) is 3.03. The second kappa shape index (κ2) is 5.14. The molecule has 2 aromatic heterocycles. The quantitative estimate of drug-likeness (QED) is 0.842. The molecule has 114 valence electrons.